The molecule has 1 rings (SSSR count). The third-order valence-corrected chi connectivity index (χ3v) is 3.00. The summed E-state index contributed by atoms with van der Waals surface area (Å²) in [6.45, 7) is 0. The number of nitrogens with two attached hydrogens (primary N) is 1. The number of aliphatic carboxylic acids is 2. The van der Waals surface area contributed by atoms with Crippen molar-refractivity contribution >= 4 is 17.8 Å². The average Bonchev–Trinajstić information content (AvgIpc) is 2.45. The lowest BCUT2D eigenvalue weighted by molar-refractivity contribution is -0.142. The zero-order chi connectivity index (χ0) is 16.7. The van der Waals surface area contributed by atoms with Crippen LogP contribution in [0.25, 0.3) is 0 Å². The van der Waals surface area contributed by atoms with E-state index in [1.54, 1.807) is 12.1 Å². The van der Waals surface area contributed by atoms with Crippen molar-refractivity contribution in [1.82, 2.24) is 5.32 Å². The fourth-order valence-electron chi connectivity index (χ4n) is 1.76. The van der Waals surface area contributed by atoms with Crippen molar-refractivity contribution in [3.05, 3.63) is 29.8 Å². The highest BCUT2D eigenvalue weighted by Crippen LogP contribution is 2.11. The summed E-state index contributed by atoms with van der Waals surface area (Å²) in [5.74, 6) is -2.98. The lowest BCUT2D eigenvalue weighted by Crippen LogP contribution is -2.49. The van der Waals surface area contributed by atoms with Crippen molar-refractivity contribution in [3.63, 3.8) is 0 Å². The first kappa shape index (κ1) is 17.4. The predicted molar refractivity (Wildman–Crippen MR) is 76.2 cm³/mol. The van der Waals surface area contributed by atoms with E-state index < -0.39 is 29.9 Å². The number of nitrogens with one attached hydrogen (secondary N) is 1. The van der Waals surface area contributed by atoms with Crippen LogP contribution in [0.5, 0.6) is 5.75 Å². The Morgan fingerprint density at radius 3 is 2.23 bits per heavy atom. The summed E-state index contributed by atoms with van der Waals surface area (Å²) in [6, 6.07) is 3.64. The highest BCUT2D eigenvalue weighted by molar-refractivity contribution is 5.87. The molecule has 1 amide bonds. The molecule has 0 aliphatic rings. The number of phenols is 1. The zero-order valence-electron chi connectivity index (χ0n) is 11.7. The number of aromatic hydroxyl groups is 1. The number of carbonyl (C=O) groups is 3. The number of hydrogen-bond acceptors (Lipinski definition) is 5. The molecule has 0 aliphatic heterocycles. The van der Waals surface area contributed by atoms with E-state index >= 15 is 0 Å². The number of phenolic OH excluding ortho intramolecular Hbond substituents is 1. The second-order valence-electron chi connectivity index (χ2n) is 4.81. The molecule has 8 nitrogen and oxygen atoms in total. The van der Waals surface area contributed by atoms with Crippen LogP contribution < -0.4 is 11.1 Å². The fraction of sp³-hybridized carbons (Fsp3) is 0.357. The van der Waals surface area contributed by atoms with E-state index in [1.807, 2.05) is 0 Å². The molecule has 6 N–H and O–H groups in total. The third-order valence-electron chi connectivity index (χ3n) is 3.00. The molecule has 0 radical (unpaired) electrons. The number of amides is 1. The van der Waals surface area contributed by atoms with Gasteiger partial charge >= 0.3 is 11.9 Å². The van der Waals surface area contributed by atoms with Crippen LogP contribution in [-0.2, 0) is 20.8 Å². The van der Waals surface area contributed by atoms with Crippen molar-refractivity contribution in [2.45, 2.75) is 31.3 Å². The van der Waals surface area contributed by atoms with E-state index in [1.165, 1.54) is 12.1 Å². The summed E-state index contributed by atoms with van der Waals surface area (Å²) in [5, 5.41) is 29.1. The maximum absolute atomic E-state index is 11.8. The minimum atomic E-state index is -1.23. The van der Waals surface area contributed by atoms with E-state index in [-0.39, 0.29) is 25.0 Å². The van der Waals surface area contributed by atoms with Gasteiger partial charge in [-0.25, -0.2) is 4.79 Å². The van der Waals surface area contributed by atoms with Gasteiger partial charge in [0, 0.05) is 12.8 Å². The molecule has 0 saturated heterocycles. The molecule has 8 heteroatoms. The SMILES string of the molecule is N[C@@H](CCC(=O)O)C(=O)N[C@@H](Cc1ccc(O)cc1)C(=O)O. The van der Waals surface area contributed by atoms with E-state index in [9.17, 15) is 19.5 Å². The topological polar surface area (TPSA) is 150 Å². The molecule has 0 saturated carbocycles. The van der Waals surface area contributed by atoms with Crippen LogP contribution in [0.1, 0.15) is 18.4 Å². The molecule has 0 heterocycles. The van der Waals surface area contributed by atoms with Gasteiger partial charge in [-0.2, -0.15) is 0 Å². The van der Waals surface area contributed by atoms with Gasteiger partial charge in [-0.05, 0) is 24.1 Å². The predicted octanol–water partition coefficient (Wildman–Crippen LogP) is -0.304. The summed E-state index contributed by atoms with van der Waals surface area (Å²) in [5.41, 5.74) is 6.14. The summed E-state index contributed by atoms with van der Waals surface area (Å²) < 4.78 is 0. The second kappa shape index (κ2) is 7.99. The van der Waals surface area contributed by atoms with Crippen LogP contribution >= 0.6 is 0 Å². The molecule has 0 aromatic heterocycles. The third kappa shape index (κ3) is 5.80. The van der Waals surface area contributed by atoms with E-state index in [0.717, 1.165) is 0 Å². The van der Waals surface area contributed by atoms with Gasteiger partial charge in [0.25, 0.3) is 0 Å². The standard InChI is InChI=1S/C14H18N2O6/c15-10(5-6-12(18)19)13(20)16-11(14(21)22)7-8-1-3-9(17)4-2-8/h1-4,10-11,17H,5-7,15H2,(H,16,20)(H,18,19)(H,21,22)/t10-,11-/m0/s1. The number of rotatable bonds is 8. The first-order valence-electron chi connectivity index (χ1n) is 6.58. The number of hydrogen-bond donors (Lipinski definition) is 5. The molecular weight excluding hydrogens is 292 g/mol. The van der Waals surface area contributed by atoms with Crippen molar-refractivity contribution in [1.29, 1.82) is 0 Å². The van der Waals surface area contributed by atoms with Crippen LogP contribution in [0.2, 0.25) is 0 Å². The lowest BCUT2D eigenvalue weighted by Gasteiger charge is -2.17. The second-order valence-corrected chi connectivity index (χ2v) is 4.81. The van der Waals surface area contributed by atoms with Crippen LogP contribution in [-0.4, -0.2) is 45.2 Å². The largest absolute Gasteiger partial charge is 0.508 e. The molecule has 1 aromatic carbocycles. The lowest BCUT2D eigenvalue weighted by atomic mass is 10.0. The summed E-state index contributed by atoms with van der Waals surface area (Å²) in [6.07, 6.45) is -0.329. The van der Waals surface area contributed by atoms with Crippen molar-refractivity contribution < 1.29 is 29.7 Å². The first-order valence-corrected chi connectivity index (χ1v) is 6.58. The summed E-state index contributed by atoms with van der Waals surface area (Å²) in [4.78, 5) is 33.4. The summed E-state index contributed by atoms with van der Waals surface area (Å²) in [7, 11) is 0. The van der Waals surface area contributed by atoms with Gasteiger partial charge in [-0.1, -0.05) is 12.1 Å². The Morgan fingerprint density at radius 2 is 1.73 bits per heavy atom. The van der Waals surface area contributed by atoms with Gasteiger partial charge < -0.3 is 26.4 Å². The Hall–Kier alpha value is -2.61. The van der Waals surface area contributed by atoms with Crippen molar-refractivity contribution in [2.24, 2.45) is 5.73 Å². The van der Waals surface area contributed by atoms with Gasteiger partial charge in [0.2, 0.25) is 5.91 Å². The minimum absolute atomic E-state index is 0.0208. The monoisotopic (exact) mass is 310 g/mol. The van der Waals surface area contributed by atoms with Gasteiger partial charge in [-0.3, -0.25) is 9.59 Å². The molecule has 22 heavy (non-hydrogen) atoms. The maximum Gasteiger partial charge on any atom is 0.326 e. The van der Waals surface area contributed by atoms with Gasteiger partial charge in [-0.15, -0.1) is 0 Å². The highest BCUT2D eigenvalue weighted by Gasteiger charge is 2.23. The van der Waals surface area contributed by atoms with Gasteiger partial charge in [0.05, 0.1) is 6.04 Å². The Morgan fingerprint density at radius 1 is 1.14 bits per heavy atom. The van der Waals surface area contributed by atoms with Gasteiger partial charge in [0.1, 0.15) is 11.8 Å². The zero-order valence-corrected chi connectivity index (χ0v) is 11.7. The summed E-state index contributed by atoms with van der Waals surface area (Å²) >= 11 is 0. The number of carboxylic acid groups (broad SMARTS) is 2. The van der Waals surface area contributed by atoms with Crippen molar-refractivity contribution in [3.8, 4) is 5.75 Å². The molecule has 2 atom stereocenters. The average molecular weight is 310 g/mol. The number of benzene rings is 1. The smallest absolute Gasteiger partial charge is 0.326 e. The molecule has 0 unspecified atom stereocenters. The normalized spacial score (nSPS) is 13.1. The number of carboxylic acids is 2. The first-order chi connectivity index (χ1) is 10.3. The Labute approximate surface area is 126 Å². The van der Waals surface area contributed by atoms with Crippen LogP contribution in [0.3, 0.4) is 0 Å². The maximum atomic E-state index is 11.8. The fourth-order valence-corrected chi connectivity index (χ4v) is 1.76. The van der Waals surface area contributed by atoms with Gasteiger partial charge in [0.15, 0.2) is 0 Å². The van der Waals surface area contributed by atoms with Crippen LogP contribution in [0, 0.1) is 0 Å². The molecule has 120 valence electrons. The number of carbonyl (C=O) groups excluding carboxylic acids is 1. The Balaban J connectivity index is 2.63. The van der Waals surface area contributed by atoms with Crippen LogP contribution in [0.4, 0.5) is 0 Å². The minimum Gasteiger partial charge on any atom is -0.508 e. The molecule has 0 spiro atoms. The van der Waals surface area contributed by atoms with E-state index in [2.05, 4.69) is 5.32 Å². The molecule has 0 bridgehead atoms. The molecule has 0 fully saturated rings. The molecule has 1 aromatic rings. The van der Waals surface area contributed by atoms with Crippen LogP contribution in [0.15, 0.2) is 24.3 Å². The van der Waals surface area contributed by atoms with E-state index in [4.69, 9.17) is 15.9 Å². The highest BCUT2D eigenvalue weighted by atomic mass is 16.4. The van der Waals surface area contributed by atoms with Crippen molar-refractivity contribution in [2.75, 3.05) is 0 Å². The van der Waals surface area contributed by atoms with E-state index in [0.29, 0.717) is 5.56 Å². The Bertz CT molecular complexity index is 543. The quantitative estimate of drug-likeness (QED) is 0.442. The molecule has 0 aliphatic carbocycles. The Kier molecular flexibility index (Phi) is 6.33. The molecular formula is C14H18N2O6.